The Labute approximate surface area is 207 Å². The van der Waals surface area contributed by atoms with Gasteiger partial charge >= 0.3 is 0 Å². The fraction of sp³-hybridized carbons (Fsp3) is 0.417. The second-order valence-electron chi connectivity index (χ2n) is 8.09. The first-order valence-corrected chi connectivity index (χ1v) is 11.1. The number of fused-ring (bicyclic) bond motifs is 1. The highest BCUT2D eigenvalue weighted by Crippen LogP contribution is 2.15. The van der Waals surface area contributed by atoms with Crippen molar-refractivity contribution in [1.82, 2.24) is 25.1 Å². The summed E-state index contributed by atoms with van der Waals surface area (Å²) < 4.78 is 2.31. The Morgan fingerprint density at radius 3 is 2.59 bits per heavy atom. The van der Waals surface area contributed by atoms with E-state index in [2.05, 4.69) is 90.7 Å². The third-order valence-corrected chi connectivity index (χ3v) is 5.87. The third-order valence-electron chi connectivity index (χ3n) is 5.87. The molecule has 172 valence electrons. The van der Waals surface area contributed by atoms with Crippen molar-refractivity contribution in [1.29, 1.82) is 0 Å². The molecule has 0 bridgehead atoms. The summed E-state index contributed by atoms with van der Waals surface area (Å²) in [7, 11) is 3.98. The number of halogens is 1. The number of anilines is 1. The largest absolute Gasteiger partial charge is 0.356 e. The smallest absolute Gasteiger partial charge is 0.191 e. The highest BCUT2D eigenvalue weighted by molar-refractivity contribution is 14.0. The first kappa shape index (κ1) is 24.3. The van der Waals surface area contributed by atoms with Crippen molar-refractivity contribution >= 4 is 46.7 Å². The number of rotatable bonds is 7. The van der Waals surface area contributed by atoms with Gasteiger partial charge in [0.15, 0.2) is 5.96 Å². The van der Waals surface area contributed by atoms with Gasteiger partial charge in [0, 0.05) is 70.8 Å². The summed E-state index contributed by atoms with van der Waals surface area (Å²) in [6, 6.07) is 15.0. The number of pyridine rings is 1. The van der Waals surface area contributed by atoms with Crippen LogP contribution in [-0.2, 0) is 13.1 Å². The number of likely N-dealkylation sites (N-methyl/N-ethyl adjacent to an activating group) is 1. The molecular formula is C24H34IN7. The Morgan fingerprint density at radius 1 is 1.03 bits per heavy atom. The molecule has 1 aliphatic heterocycles. The van der Waals surface area contributed by atoms with E-state index in [9.17, 15) is 0 Å². The molecule has 4 rings (SSSR count). The lowest BCUT2D eigenvalue weighted by molar-refractivity contribution is 0.312. The molecule has 8 heteroatoms. The number of hydrogen-bond donors (Lipinski definition) is 2. The van der Waals surface area contributed by atoms with Gasteiger partial charge in [-0.1, -0.05) is 24.3 Å². The third kappa shape index (κ3) is 6.35. The molecule has 1 aliphatic rings. The molecule has 7 nitrogen and oxygen atoms in total. The molecule has 0 spiro atoms. The summed E-state index contributed by atoms with van der Waals surface area (Å²) in [6.07, 6.45) is 5.16. The first-order chi connectivity index (χ1) is 15.2. The van der Waals surface area contributed by atoms with Gasteiger partial charge in [-0.05, 0) is 42.6 Å². The monoisotopic (exact) mass is 547 g/mol. The number of piperazine rings is 1. The molecular weight excluding hydrogens is 513 g/mol. The van der Waals surface area contributed by atoms with Crippen LogP contribution in [-0.4, -0.2) is 67.2 Å². The average Bonchev–Trinajstić information content (AvgIpc) is 3.23. The maximum atomic E-state index is 4.66. The summed E-state index contributed by atoms with van der Waals surface area (Å²) in [5.74, 6) is 1.89. The molecule has 0 atom stereocenters. The maximum Gasteiger partial charge on any atom is 0.191 e. The number of hydrogen-bond acceptors (Lipinski definition) is 4. The fourth-order valence-corrected chi connectivity index (χ4v) is 3.94. The number of para-hydroxylation sites is 1. The first-order valence-electron chi connectivity index (χ1n) is 11.1. The second-order valence-corrected chi connectivity index (χ2v) is 8.09. The van der Waals surface area contributed by atoms with E-state index in [-0.39, 0.29) is 24.0 Å². The van der Waals surface area contributed by atoms with Crippen molar-refractivity contribution in [3.63, 3.8) is 0 Å². The van der Waals surface area contributed by atoms with Crippen LogP contribution in [0.5, 0.6) is 0 Å². The van der Waals surface area contributed by atoms with Gasteiger partial charge in [-0.2, -0.15) is 0 Å². The molecule has 1 saturated heterocycles. The number of aryl methyl sites for hydroxylation is 1. The lowest BCUT2D eigenvalue weighted by Crippen LogP contribution is -2.44. The number of aliphatic imine (C=N–C) groups is 1. The molecule has 2 N–H and O–H groups in total. The van der Waals surface area contributed by atoms with Gasteiger partial charge < -0.3 is 25.0 Å². The van der Waals surface area contributed by atoms with Gasteiger partial charge in [-0.25, -0.2) is 4.98 Å². The van der Waals surface area contributed by atoms with Crippen LogP contribution < -0.4 is 15.5 Å². The maximum absolute atomic E-state index is 4.66. The summed E-state index contributed by atoms with van der Waals surface area (Å²) >= 11 is 0. The molecule has 0 aliphatic carbocycles. The van der Waals surface area contributed by atoms with Crippen molar-refractivity contribution in [2.75, 3.05) is 51.7 Å². The Hall–Kier alpha value is -2.33. The predicted molar refractivity (Wildman–Crippen MR) is 144 cm³/mol. The van der Waals surface area contributed by atoms with Crippen LogP contribution in [0.4, 0.5) is 5.82 Å². The zero-order valence-corrected chi connectivity index (χ0v) is 21.3. The van der Waals surface area contributed by atoms with E-state index in [1.165, 1.54) is 10.9 Å². The molecule has 3 heterocycles. The van der Waals surface area contributed by atoms with Crippen LogP contribution in [0.1, 0.15) is 12.0 Å². The summed E-state index contributed by atoms with van der Waals surface area (Å²) in [5, 5.41) is 8.09. The Morgan fingerprint density at radius 2 is 1.84 bits per heavy atom. The van der Waals surface area contributed by atoms with Gasteiger partial charge in [0.05, 0.1) is 0 Å². The van der Waals surface area contributed by atoms with Crippen LogP contribution in [0, 0.1) is 0 Å². The lowest BCUT2D eigenvalue weighted by atomic mass is 10.2. The van der Waals surface area contributed by atoms with Crippen LogP contribution in [0.25, 0.3) is 10.9 Å². The van der Waals surface area contributed by atoms with Gasteiger partial charge in [-0.3, -0.25) is 4.99 Å². The molecule has 0 unspecified atom stereocenters. The Kier molecular flexibility index (Phi) is 9.16. The SMILES string of the molecule is CN=C(NCCCn1ccc2ccccc21)NCc1ccc(N2CCN(C)CC2)nc1.I. The van der Waals surface area contributed by atoms with Gasteiger partial charge in [0.2, 0.25) is 0 Å². The van der Waals surface area contributed by atoms with Crippen molar-refractivity contribution in [2.45, 2.75) is 19.5 Å². The number of nitrogens with zero attached hydrogens (tertiary/aromatic N) is 5. The molecule has 1 aromatic carbocycles. The fourth-order valence-electron chi connectivity index (χ4n) is 3.94. The summed E-state index contributed by atoms with van der Waals surface area (Å²) in [4.78, 5) is 13.7. The van der Waals surface area contributed by atoms with Crippen molar-refractivity contribution in [3.05, 3.63) is 60.4 Å². The van der Waals surface area contributed by atoms with Gasteiger partial charge in [0.1, 0.15) is 5.82 Å². The van der Waals surface area contributed by atoms with Crippen LogP contribution in [0.3, 0.4) is 0 Å². The highest BCUT2D eigenvalue weighted by atomic mass is 127. The second kappa shape index (κ2) is 12.1. The van der Waals surface area contributed by atoms with Crippen LogP contribution in [0.2, 0.25) is 0 Å². The minimum atomic E-state index is 0. The summed E-state index contributed by atoms with van der Waals surface area (Å²) in [6.45, 7) is 6.81. The van der Waals surface area contributed by atoms with E-state index in [0.717, 1.165) is 63.0 Å². The zero-order valence-electron chi connectivity index (χ0n) is 19.0. The normalized spacial score (nSPS) is 14.9. The standard InChI is InChI=1S/C24H33N7.HI/c1-25-24(26-11-5-12-30-13-10-21-6-3-4-7-22(21)30)28-19-20-8-9-23(27-18-20)31-16-14-29(2)15-17-31;/h3-4,6-10,13,18H,5,11-12,14-17,19H2,1-2H3,(H2,25,26,28);1H. The van der Waals surface area contributed by atoms with E-state index >= 15 is 0 Å². The topological polar surface area (TPSA) is 60.7 Å². The summed E-state index contributed by atoms with van der Waals surface area (Å²) in [5.41, 5.74) is 2.44. The van der Waals surface area contributed by atoms with Gasteiger partial charge in [0.25, 0.3) is 0 Å². The van der Waals surface area contributed by atoms with Crippen molar-refractivity contribution in [2.24, 2.45) is 4.99 Å². The minimum absolute atomic E-state index is 0. The number of guanidine groups is 1. The number of nitrogens with one attached hydrogen (secondary N) is 2. The number of aromatic nitrogens is 2. The lowest BCUT2D eigenvalue weighted by Gasteiger charge is -2.33. The molecule has 1 fully saturated rings. The molecule has 3 aromatic rings. The Bertz CT molecular complexity index is 991. The van der Waals surface area contributed by atoms with E-state index < -0.39 is 0 Å². The van der Waals surface area contributed by atoms with Crippen molar-refractivity contribution in [3.8, 4) is 0 Å². The minimum Gasteiger partial charge on any atom is -0.356 e. The van der Waals surface area contributed by atoms with Crippen LogP contribution in [0.15, 0.2) is 59.9 Å². The van der Waals surface area contributed by atoms with E-state index in [4.69, 9.17) is 0 Å². The quantitative estimate of drug-likeness (QED) is 0.206. The molecule has 0 radical (unpaired) electrons. The predicted octanol–water partition coefficient (Wildman–Crippen LogP) is 3.16. The van der Waals surface area contributed by atoms with E-state index in [1.54, 1.807) is 0 Å². The van der Waals surface area contributed by atoms with E-state index in [0.29, 0.717) is 6.54 Å². The van der Waals surface area contributed by atoms with Gasteiger partial charge in [-0.15, -0.1) is 24.0 Å². The molecule has 0 saturated carbocycles. The molecule has 0 amide bonds. The zero-order chi connectivity index (χ0) is 21.5. The van der Waals surface area contributed by atoms with E-state index in [1.807, 2.05) is 13.2 Å². The number of benzene rings is 1. The van der Waals surface area contributed by atoms with Crippen LogP contribution >= 0.6 is 24.0 Å². The highest BCUT2D eigenvalue weighted by Gasteiger charge is 2.14. The van der Waals surface area contributed by atoms with Crippen molar-refractivity contribution < 1.29 is 0 Å². The molecule has 2 aromatic heterocycles. The average molecular weight is 547 g/mol. The Balaban J connectivity index is 0.00000289. The molecule has 32 heavy (non-hydrogen) atoms.